The van der Waals surface area contributed by atoms with Gasteiger partial charge in [0.05, 0.1) is 68.2 Å². The van der Waals surface area contributed by atoms with Gasteiger partial charge in [0.25, 0.3) is 0 Å². The number of fused-ring (bicyclic) bond motifs is 3. The predicted molar refractivity (Wildman–Crippen MR) is 473 cm³/mol. The van der Waals surface area contributed by atoms with Crippen molar-refractivity contribution in [2.75, 3.05) is 24.7 Å². The number of ether oxygens (including phenoxy) is 5. The number of hydrogen-bond acceptors (Lipinski definition) is 19. The fourth-order valence-corrected chi connectivity index (χ4v) is 14.9. The van der Waals surface area contributed by atoms with E-state index in [1.54, 1.807) is 69.4 Å². The average Bonchev–Trinajstić information content (AvgIpc) is 1.61. The summed E-state index contributed by atoms with van der Waals surface area (Å²) in [6.45, 7) is 30.6. The SMILES string of the molecule is C.C.CC(C)(C)[S@](=O)CCc1cc(Cl)ccn1.CCOC(=O)Cc1ccc(F)cc1OCc1cc(-c2ccnc(CC[S@@](=O)C(C)(C)C)c2)c2occ(C)c2c1.CCOC(=O)Cc1ccc(F)cc1OCc1cc(B2OC(C)(C)C(C)(C)O2)c2occ(C)c2c1.Cc1coc2c(-c3ccnc(CN)c3)cc(COc3cc(F)ccc3CC(=O)O)cc12. The third kappa shape index (κ3) is 25.8. The molecule has 1 aliphatic rings. The molecule has 121 heavy (non-hydrogen) atoms. The van der Waals surface area contributed by atoms with Crippen LogP contribution >= 0.6 is 11.6 Å². The number of carboxylic acid groups (broad SMARTS) is 1. The number of aromatic nitrogens is 3. The van der Waals surface area contributed by atoms with E-state index in [-0.39, 0.29) is 82.4 Å². The van der Waals surface area contributed by atoms with Crippen molar-refractivity contribution < 1.29 is 87.3 Å². The highest BCUT2D eigenvalue weighted by Gasteiger charge is 2.52. The van der Waals surface area contributed by atoms with E-state index >= 15 is 0 Å². The molecule has 12 aromatic rings. The van der Waals surface area contributed by atoms with Gasteiger partial charge in [-0.2, -0.15) is 0 Å². The quantitative estimate of drug-likeness (QED) is 0.0357. The fraction of sp³-hybridized carbons (Fsp3) is 0.362. The molecule has 1 saturated heterocycles. The molecular formula is C94H109BClF3N4O16S2. The number of nitrogens with two attached hydrogens (primary N) is 1. The molecule has 0 spiro atoms. The lowest BCUT2D eigenvalue weighted by molar-refractivity contribution is -0.143. The van der Waals surface area contributed by atoms with Crippen LogP contribution in [0.4, 0.5) is 13.2 Å². The van der Waals surface area contributed by atoms with Crippen molar-refractivity contribution in [3.8, 4) is 39.5 Å². The number of rotatable bonds is 27. The maximum Gasteiger partial charge on any atom is 0.498 e. The maximum atomic E-state index is 14.0. The molecular weight excluding hydrogens is 1610 g/mol. The van der Waals surface area contributed by atoms with Crippen LogP contribution in [0.1, 0.15) is 165 Å². The number of nitrogens with zero attached hydrogens (tertiary/aromatic N) is 3. The number of carboxylic acids is 1. The number of carbonyl (C=O) groups is 3. The predicted octanol–water partition coefficient (Wildman–Crippen LogP) is 20.3. The molecule has 0 amide bonds. The molecule has 0 unspecified atom stereocenters. The van der Waals surface area contributed by atoms with Crippen molar-refractivity contribution in [1.29, 1.82) is 0 Å². The lowest BCUT2D eigenvalue weighted by atomic mass is 9.77. The van der Waals surface area contributed by atoms with Gasteiger partial charge in [-0.25, -0.2) is 13.2 Å². The number of hydrogen-bond donors (Lipinski definition) is 2. The van der Waals surface area contributed by atoms with Crippen LogP contribution in [0.25, 0.3) is 55.2 Å². The maximum absolute atomic E-state index is 14.0. The summed E-state index contributed by atoms with van der Waals surface area (Å²) in [5, 5.41) is 12.6. The zero-order valence-corrected chi connectivity index (χ0v) is 72.1. The molecule has 0 aliphatic carbocycles. The third-order valence-electron chi connectivity index (χ3n) is 19.9. The van der Waals surface area contributed by atoms with Crippen LogP contribution in [0.5, 0.6) is 17.2 Å². The number of halogens is 4. The Balaban J connectivity index is 0.000000207. The molecule has 20 nitrogen and oxygen atoms in total. The smallest absolute Gasteiger partial charge is 0.488 e. The summed E-state index contributed by atoms with van der Waals surface area (Å²) < 4.78 is 124. The van der Waals surface area contributed by atoms with E-state index in [9.17, 15) is 36.0 Å². The summed E-state index contributed by atoms with van der Waals surface area (Å²) >= 11 is 5.83. The molecule has 27 heteroatoms. The van der Waals surface area contributed by atoms with E-state index in [2.05, 4.69) is 15.0 Å². The van der Waals surface area contributed by atoms with Crippen molar-refractivity contribution in [3.63, 3.8) is 0 Å². The zero-order valence-electron chi connectivity index (χ0n) is 69.7. The molecule has 3 N–H and O–H groups in total. The Morgan fingerprint density at radius 3 is 1.26 bits per heavy atom. The van der Waals surface area contributed by atoms with Gasteiger partial charge in [0.1, 0.15) is 71.3 Å². The Kier molecular flexibility index (Phi) is 33.6. The summed E-state index contributed by atoms with van der Waals surface area (Å²) in [6.07, 6.45) is 11.3. The van der Waals surface area contributed by atoms with Gasteiger partial charge < -0.3 is 57.1 Å². The second kappa shape index (κ2) is 42.4. The van der Waals surface area contributed by atoms with Crippen molar-refractivity contribution in [3.05, 3.63) is 254 Å². The minimum absolute atomic E-state index is 0. The van der Waals surface area contributed by atoms with Crippen LogP contribution in [0.15, 0.2) is 178 Å². The average molecular weight is 1720 g/mol. The summed E-state index contributed by atoms with van der Waals surface area (Å²) in [5.74, 6) is -1.20. The first-order chi connectivity index (χ1) is 56.4. The first-order valence-electron chi connectivity index (χ1n) is 39.0. The highest BCUT2D eigenvalue weighted by molar-refractivity contribution is 7.86. The number of furan rings is 3. The largest absolute Gasteiger partial charge is 0.498 e. The molecule has 13 rings (SSSR count). The van der Waals surface area contributed by atoms with Crippen LogP contribution in [-0.4, -0.2) is 98.9 Å². The van der Waals surface area contributed by atoms with Crippen molar-refractivity contribution in [1.82, 2.24) is 15.0 Å². The Hall–Kier alpha value is -10.5. The molecule has 0 saturated carbocycles. The van der Waals surface area contributed by atoms with Gasteiger partial charge in [0, 0.05) is 165 Å². The number of pyridine rings is 3. The zero-order chi connectivity index (χ0) is 86.3. The molecule has 2 atom stereocenters. The van der Waals surface area contributed by atoms with Gasteiger partial charge in [-0.15, -0.1) is 0 Å². The number of esters is 2. The number of benzene rings is 6. The molecule has 6 aromatic heterocycles. The molecule has 7 heterocycles. The highest BCUT2D eigenvalue weighted by Crippen LogP contribution is 2.40. The Labute approximate surface area is 716 Å². The minimum atomic E-state index is -1.01. The fourth-order valence-electron chi connectivity index (χ4n) is 12.8. The van der Waals surface area contributed by atoms with Crippen molar-refractivity contribution >= 4 is 96.6 Å². The van der Waals surface area contributed by atoms with E-state index < -0.39 is 75.3 Å². The van der Waals surface area contributed by atoms with Crippen molar-refractivity contribution in [2.45, 2.75) is 198 Å². The summed E-state index contributed by atoms with van der Waals surface area (Å²) in [7, 11) is -2.40. The van der Waals surface area contributed by atoms with Crippen LogP contribution in [-0.2, 0) is 113 Å². The van der Waals surface area contributed by atoms with Crippen LogP contribution < -0.4 is 25.4 Å². The summed E-state index contributed by atoms with van der Waals surface area (Å²) in [4.78, 5) is 48.0. The Bertz CT molecular complexity index is 5640. The van der Waals surface area contributed by atoms with Gasteiger partial charge in [0.15, 0.2) is 0 Å². The normalized spacial score (nSPS) is 13.3. The van der Waals surface area contributed by atoms with Crippen LogP contribution in [0.2, 0.25) is 5.02 Å². The molecule has 0 radical (unpaired) electrons. The van der Waals surface area contributed by atoms with E-state index in [4.69, 9.17) is 68.7 Å². The first kappa shape index (κ1) is 96.0. The standard InChI is InChI=1S/C31H34FNO5S.C26H30BFO6.C24H21FN2O4.C11H16ClNOS.2CH4/c1-6-36-29(34)16-23-7-8-24(32)17-28(23)37-19-21-13-26-20(2)18-38-30(26)27(14-21)22-9-11-33-25(15-22)10-12-39(35)31(3,4)5;1-7-30-23(29)12-18-8-9-19(28)13-22(18)31-15-17-10-20-16(2)14-32-24(20)21(11-17)27-33-25(3,4)26(5,6)34-27;1-14-12-31-24-20(14)6-15(7-21(24)16-4-5-27-19(8-16)11-26)13-30-22-10-18(25)3-2-17(22)9-23(28)29;1-11(2,3)15(14)7-5-10-8-9(12)4-6-13-10;;/h7-9,11,13-15,17-18H,6,10,12,16,19H2,1-5H3;8-11,13-14H,7,12,15H2,1-6H3;2-8,10,12H,9,11,13,26H2,1H3,(H,28,29);4,6,8H,5,7H2,1-3H3;2*1H4/t39-;;;15-;;/m1..1../s1. The van der Waals surface area contributed by atoms with Gasteiger partial charge in [-0.05, 0) is 233 Å². The van der Waals surface area contributed by atoms with E-state index in [0.717, 1.165) is 106 Å². The molecule has 644 valence electrons. The molecule has 6 aromatic carbocycles. The lowest BCUT2D eigenvalue weighted by Gasteiger charge is -2.32. The second-order valence-corrected chi connectivity index (χ2v) is 36.8. The molecule has 1 aliphatic heterocycles. The van der Waals surface area contributed by atoms with Crippen molar-refractivity contribution in [2.24, 2.45) is 5.73 Å². The van der Waals surface area contributed by atoms with Gasteiger partial charge >= 0.3 is 25.0 Å². The van der Waals surface area contributed by atoms with Gasteiger partial charge in [0.2, 0.25) is 0 Å². The topological polar surface area (TPSA) is 274 Å². The number of aliphatic carboxylic acids is 1. The molecule has 1 fully saturated rings. The Morgan fingerprint density at radius 1 is 0.504 bits per heavy atom. The molecule has 0 bridgehead atoms. The lowest BCUT2D eigenvalue weighted by Crippen LogP contribution is -2.41. The van der Waals surface area contributed by atoms with E-state index in [0.29, 0.717) is 69.7 Å². The monoisotopic (exact) mass is 1720 g/mol. The summed E-state index contributed by atoms with van der Waals surface area (Å²) in [5.41, 5.74) is 20.8. The van der Waals surface area contributed by atoms with E-state index in [1.807, 2.05) is 157 Å². The third-order valence-corrected chi connectivity index (χ3v) is 24.0. The summed E-state index contributed by atoms with van der Waals surface area (Å²) in [6, 6.07) is 35.2. The number of aryl methyl sites for hydroxylation is 5. The second-order valence-electron chi connectivity index (χ2n) is 31.7. The number of carbonyl (C=O) groups excluding carboxylic acids is 2. The van der Waals surface area contributed by atoms with Crippen LogP contribution in [0, 0.1) is 38.2 Å². The van der Waals surface area contributed by atoms with E-state index in [1.165, 1.54) is 42.5 Å². The Morgan fingerprint density at radius 2 is 0.868 bits per heavy atom. The first-order valence-corrected chi connectivity index (χ1v) is 42.0. The minimum Gasteiger partial charge on any atom is -0.488 e. The van der Waals surface area contributed by atoms with Gasteiger partial charge in [-0.1, -0.05) is 50.7 Å². The van der Waals surface area contributed by atoms with Gasteiger partial charge in [-0.3, -0.25) is 37.8 Å². The van der Waals surface area contributed by atoms with Crippen LogP contribution in [0.3, 0.4) is 0 Å². The highest BCUT2D eigenvalue weighted by atomic mass is 35.5.